The summed E-state index contributed by atoms with van der Waals surface area (Å²) >= 11 is 0. The molecule has 3 nitrogen and oxygen atoms in total. The molecule has 0 aliphatic carbocycles. The van der Waals surface area contributed by atoms with E-state index in [0.717, 1.165) is 17.4 Å². The zero-order valence-electron chi connectivity index (χ0n) is 9.69. The fraction of sp³-hybridized carbons (Fsp3) is 0.417. The Morgan fingerprint density at radius 1 is 1.13 bits per heavy atom. The number of rotatable bonds is 6. The first kappa shape index (κ1) is 13.8. The maximum Gasteiger partial charge on any atom is 0.179 e. The van der Waals surface area contributed by atoms with Crippen molar-refractivity contribution < 1.29 is 14.3 Å². The molecule has 0 N–H and O–H groups in total. The summed E-state index contributed by atoms with van der Waals surface area (Å²) < 4.78 is 10.1. The predicted molar refractivity (Wildman–Crippen MR) is 60.5 cm³/mol. The van der Waals surface area contributed by atoms with Gasteiger partial charge in [0.25, 0.3) is 0 Å². The van der Waals surface area contributed by atoms with Crippen LogP contribution < -0.4 is 0 Å². The van der Waals surface area contributed by atoms with Crippen LogP contribution in [-0.2, 0) is 14.3 Å². The lowest BCUT2D eigenvalue weighted by Gasteiger charge is -2.12. The lowest BCUT2D eigenvalue weighted by Crippen LogP contribution is -2.13. The second-order valence-corrected chi connectivity index (χ2v) is 3.12. The van der Waals surface area contributed by atoms with E-state index in [1.807, 2.05) is 32.1 Å². The summed E-state index contributed by atoms with van der Waals surface area (Å²) in [6.07, 6.45) is 7.55. The van der Waals surface area contributed by atoms with E-state index >= 15 is 0 Å². The van der Waals surface area contributed by atoms with Crippen molar-refractivity contribution in [2.45, 2.75) is 20.1 Å². The quantitative estimate of drug-likeness (QED) is 0.292. The highest BCUT2D eigenvalue weighted by atomic mass is 16.7. The molecule has 0 saturated heterocycles. The summed E-state index contributed by atoms with van der Waals surface area (Å²) in [5.74, 6) is 0. The standard InChI is InChI=1S/C12H18O3/c1-10(8-9-13)6-5-7-11(2)12(14-3)15-4/h5-9,12H,1-4H3. The molecule has 0 spiro atoms. The van der Waals surface area contributed by atoms with Crippen LogP contribution in [0.4, 0.5) is 0 Å². The number of carbonyl (C=O) groups excluding carboxylic acids is 1. The Bertz CT molecular complexity index is 271. The normalized spacial score (nSPS) is 13.9. The number of hydrogen-bond acceptors (Lipinski definition) is 3. The monoisotopic (exact) mass is 210 g/mol. The van der Waals surface area contributed by atoms with E-state index < -0.39 is 0 Å². The highest BCUT2D eigenvalue weighted by Crippen LogP contribution is 2.06. The van der Waals surface area contributed by atoms with Gasteiger partial charge in [0, 0.05) is 14.2 Å². The zero-order chi connectivity index (χ0) is 11.7. The molecule has 0 aromatic heterocycles. The van der Waals surface area contributed by atoms with Crippen LogP contribution in [0.25, 0.3) is 0 Å². The number of allylic oxidation sites excluding steroid dienone is 5. The molecule has 0 amide bonds. The summed E-state index contributed by atoms with van der Waals surface area (Å²) in [4.78, 5) is 10.1. The van der Waals surface area contributed by atoms with Gasteiger partial charge in [0.2, 0.25) is 0 Å². The van der Waals surface area contributed by atoms with Crippen molar-refractivity contribution in [2.24, 2.45) is 0 Å². The molecule has 0 unspecified atom stereocenters. The minimum absolute atomic E-state index is 0.315. The molecule has 0 aromatic carbocycles. The van der Waals surface area contributed by atoms with Crippen molar-refractivity contribution in [3.63, 3.8) is 0 Å². The predicted octanol–water partition coefficient (Wildman–Crippen LogP) is 2.25. The number of aldehydes is 1. The molecule has 0 aliphatic rings. The third kappa shape index (κ3) is 5.99. The minimum Gasteiger partial charge on any atom is -0.352 e. The van der Waals surface area contributed by atoms with E-state index in [-0.39, 0.29) is 6.29 Å². The third-order valence-electron chi connectivity index (χ3n) is 1.85. The van der Waals surface area contributed by atoms with Gasteiger partial charge >= 0.3 is 0 Å². The van der Waals surface area contributed by atoms with Crippen molar-refractivity contribution in [2.75, 3.05) is 14.2 Å². The fourth-order valence-corrected chi connectivity index (χ4v) is 1.06. The van der Waals surface area contributed by atoms with E-state index in [4.69, 9.17) is 9.47 Å². The van der Waals surface area contributed by atoms with Crippen LogP contribution in [0.3, 0.4) is 0 Å². The molecule has 0 saturated carbocycles. The molecule has 0 heterocycles. The Labute approximate surface area is 91.1 Å². The molecular weight excluding hydrogens is 192 g/mol. The van der Waals surface area contributed by atoms with Crippen molar-refractivity contribution in [1.82, 2.24) is 0 Å². The van der Waals surface area contributed by atoms with Crippen molar-refractivity contribution >= 4 is 6.29 Å². The molecule has 0 radical (unpaired) electrons. The van der Waals surface area contributed by atoms with Crippen LogP contribution in [0.15, 0.2) is 35.5 Å². The Morgan fingerprint density at radius 3 is 2.20 bits per heavy atom. The van der Waals surface area contributed by atoms with Crippen molar-refractivity contribution in [1.29, 1.82) is 0 Å². The fourth-order valence-electron chi connectivity index (χ4n) is 1.06. The molecular formula is C12H18O3. The molecule has 0 bridgehead atoms. The van der Waals surface area contributed by atoms with Crippen LogP contribution >= 0.6 is 0 Å². The summed E-state index contributed by atoms with van der Waals surface area (Å²) in [5.41, 5.74) is 1.87. The van der Waals surface area contributed by atoms with Crippen molar-refractivity contribution in [3.05, 3.63) is 35.5 Å². The Balaban J connectivity index is 4.38. The van der Waals surface area contributed by atoms with E-state index in [1.165, 1.54) is 6.08 Å². The van der Waals surface area contributed by atoms with E-state index in [2.05, 4.69) is 0 Å². The summed E-state index contributed by atoms with van der Waals surface area (Å²) in [6.45, 7) is 3.78. The van der Waals surface area contributed by atoms with E-state index in [1.54, 1.807) is 14.2 Å². The Morgan fingerprint density at radius 2 is 1.73 bits per heavy atom. The molecule has 0 fully saturated rings. The third-order valence-corrected chi connectivity index (χ3v) is 1.85. The lowest BCUT2D eigenvalue weighted by atomic mass is 10.2. The smallest absolute Gasteiger partial charge is 0.179 e. The van der Waals surface area contributed by atoms with Gasteiger partial charge in [0.15, 0.2) is 6.29 Å². The van der Waals surface area contributed by atoms with Gasteiger partial charge in [-0.2, -0.15) is 0 Å². The van der Waals surface area contributed by atoms with Gasteiger partial charge in [-0.3, -0.25) is 4.79 Å². The minimum atomic E-state index is -0.315. The largest absolute Gasteiger partial charge is 0.352 e. The zero-order valence-corrected chi connectivity index (χ0v) is 9.69. The maximum absolute atomic E-state index is 10.1. The number of carbonyl (C=O) groups is 1. The molecule has 0 atom stereocenters. The average molecular weight is 210 g/mol. The van der Waals surface area contributed by atoms with Gasteiger partial charge in [-0.05, 0) is 31.1 Å². The molecule has 0 aliphatic heterocycles. The lowest BCUT2D eigenvalue weighted by molar-refractivity contribution is -0.104. The first-order chi connectivity index (χ1) is 7.15. The van der Waals surface area contributed by atoms with Crippen LogP contribution in [0, 0.1) is 0 Å². The average Bonchev–Trinajstić information content (AvgIpc) is 2.20. The molecule has 0 aromatic rings. The van der Waals surface area contributed by atoms with Gasteiger partial charge in [-0.15, -0.1) is 0 Å². The molecule has 84 valence electrons. The van der Waals surface area contributed by atoms with E-state index in [9.17, 15) is 4.79 Å². The summed E-state index contributed by atoms with van der Waals surface area (Å²) in [6, 6.07) is 0. The number of ether oxygens (including phenoxy) is 2. The second-order valence-electron chi connectivity index (χ2n) is 3.12. The van der Waals surface area contributed by atoms with Crippen LogP contribution in [0.5, 0.6) is 0 Å². The van der Waals surface area contributed by atoms with Gasteiger partial charge in [-0.1, -0.05) is 18.2 Å². The van der Waals surface area contributed by atoms with Crippen LogP contribution in [0.2, 0.25) is 0 Å². The highest BCUT2D eigenvalue weighted by molar-refractivity contribution is 5.66. The van der Waals surface area contributed by atoms with Crippen molar-refractivity contribution in [3.8, 4) is 0 Å². The van der Waals surface area contributed by atoms with Gasteiger partial charge in [0.1, 0.15) is 6.29 Å². The van der Waals surface area contributed by atoms with Gasteiger partial charge < -0.3 is 9.47 Å². The highest BCUT2D eigenvalue weighted by Gasteiger charge is 2.04. The Kier molecular flexibility index (Phi) is 7.50. The Hall–Kier alpha value is -1.19. The molecule has 0 rings (SSSR count). The topological polar surface area (TPSA) is 35.5 Å². The van der Waals surface area contributed by atoms with Gasteiger partial charge in [-0.25, -0.2) is 0 Å². The SMILES string of the molecule is COC(OC)C(C)=CC=CC(C)=CC=O. The number of methoxy groups -OCH3 is 2. The summed E-state index contributed by atoms with van der Waals surface area (Å²) in [7, 11) is 3.18. The maximum atomic E-state index is 10.1. The van der Waals surface area contributed by atoms with Crippen LogP contribution in [0.1, 0.15) is 13.8 Å². The van der Waals surface area contributed by atoms with Gasteiger partial charge in [0.05, 0.1) is 0 Å². The molecule has 3 heteroatoms. The molecule has 15 heavy (non-hydrogen) atoms. The van der Waals surface area contributed by atoms with Crippen LogP contribution in [-0.4, -0.2) is 26.8 Å². The van der Waals surface area contributed by atoms with E-state index in [0.29, 0.717) is 0 Å². The first-order valence-corrected chi connectivity index (χ1v) is 4.68. The number of hydrogen-bond donors (Lipinski definition) is 0. The summed E-state index contributed by atoms with van der Waals surface area (Å²) in [5, 5.41) is 0. The second kappa shape index (κ2) is 8.15. The first-order valence-electron chi connectivity index (χ1n) is 4.68.